The van der Waals surface area contributed by atoms with Crippen molar-refractivity contribution in [3.05, 3.63) is 122 Å². The van der Waals surface area contributed by atoms with Crippen molar-refractivity contribution in [3.8, 4) is 17.2 Å². The summed E-state index contributed by atoms with van der Waals surface area (Å²) in [5, 5.41) is 42.0. The Bertz CT molecular complexity index is 2220. The Balaban J connectivity index is 1.61. The molecular formula is C39H40N4O9. The van der Waals surface area contributed by atoms with Crippen LogP contribution in [0.4, 0.5) is 11.6 Å². The smallest absolute Gasteiger partial charge is 0.336 e. The lowest BCUT2D eigenvalue weighted by Gasteiger charge is -2.43. The molecule has 6 rings (SSSR count). The highest BCUT2D eigenvalue weighted by Gasteiger charge is 2.47. The topological polar surface area (TPSA) is 224 Å². The van der Waals surface area contributed by atoms with Gasteiger partial charge >= 0.3 is 5.97 Å². The number of aliphatic hydroxyl groups excluding tert-OH is 2. The number of aromatic nitrogens is 2. The van der Waals surface area contributed by atoms with Crippen LogP contribution in [0.25, 0.3) is 11.0 Å². The minimum Gasteiger partial charge on any atom is -0.508 e. The summed E-state index contributed by atoms with van der Waals surface area (Å²) in [5.74, 6) is -1.05. The Kier molecular flexibility index (Phi) is 10.2. The summed E-state index contributed by atoms with van der Waals surface area (Å²) in [7, 11) is 0. The number of aryl methyl sites for hydroxylation is 1. The molecule has 0 aliphatic carbocycles. The van der Waals surface area contributed by atoms with E-state index in [0.717, 1.165) is 17.2 Å². The van der Waals surface area contributed by atoms with E-state index in [1.165, 1.54) is 6.08 Å². The van der Waals surface area contributed by atoms with Gasteiger partial charge in [-0.25, -0.2) is 14.8 Å². The predicted molar refractivity (Wildman–Crippen MR) is 193 cm³/mol. The van der Waals surface area contributed by atoms with Crippen LogP contribution in [-0.2, 0) is 35.4 Å². The molecule has 3 atom stereocenters. The van der Waals surface area contributed by atoms with Crippen LogP contribution >= 0.6 is 0 Å². The minimum absolute atomic E-state index is 0.00894. The van der Waals surface area contributed by atoms with Gasteiger partial charge in [-0.2, -0.15) is 0 Å². The number of fused-ring (bicyclic) bond motifs is 2. The maximum absolute atomic E-state index is 13.7. The van der Waals surface area contributed by atoms with E-state index >= 15 is 0 Å². The number of esters is 1. The highest BCUT2D eigenvalue weighted by atomic mass is 16.6. The summed E-state index contributed by atoms with van der Waals surface area (Å²) in [6, 6.07) is 14.8. The minimum atomic E-state index is -1.26. The summed E-state index contributed by atoms with van der Waals surface area (Å²) in [6.07, 6.45) is 4.53. The second-order valence-electron chi connectivity index (χ2n) is 13.0. The maximum Gasteiger partial charge on any atom is 0.336 e. The number of nitrogen functional groups attached to an aromatic ring is 2. The molecule has 8 N–H and O–H groups in total. The van der Waals surface area contributed by atoms with Crippen molar-refractivity contribution in [2.45, 2.75) is 63.8 Å². The van der Waals surface area contributed by atoms with Crippen molar-refractivity contribution >= 4 is 28.6 Å². The summed E-state index contributed by atoms with van der Waals surface area (Å²) >= 11 is 0. The Morgan fingerprint density at radius 1 is 1.08 bits per heavy atom. The average molecular weight is 709 g/mol. The van der Waals surface area contributed by atoms with Gasteiger partial charge in [-0.1, -0.05) is 24.3 Å². The van der Waals surface area contributed by atoms with E-state index in [-0.39, 0.29) is 58.0 Å². The average Bonchev–Trinajstić information content (AvgIpc) is 3.12. The third-order valence-corrected chi connectivity index (χ3v) is 9.54. The molecule has 3 aromatic heterocycles. The number of aliphatic hydroxyl groups is 2. The fraction of sp³-hybridized carbons (Fsp3) is 0.282. The van der Waals surface area contributed by atoms with Gasteiger partial charge in [0.1, 0.15) is 63.9 Å². The van der Waals surface area contributed by atoms with Gasteiger partial charge in [0.2, 0.25) is 0 Å². The molecule has 0 amide bonds. The summed E-state index contributed by atoms with van der Waals surface area (Å²) in [4.78, 5) is 35.4. The zero-order valence-electron chi connectivity index (χ0n) is 28.7. The molecule has 1 aliphatic heterocycles. The van der Waals surface area contributed by atoms with Gasteiger partial charge in [0.05, 0.1) is 12.2 Å². The molecule has 1 aliphatic rings. The quantitative estimate of drug-likeness (QED) is 0.0837. The van der Waals surface area contributed by atoms with Crippen LogP contribution in [0.1, 0.15) is 59.8 Å². The first-order valence-corrected chi connectivity index (χ1v) is 16.8. The van der Waals surface area contributed by atoms with E-state index in [1.54, 1.807) is 62.6 Å². The number of allylic oxidation sites excluding steroid dienone is 1. The number of carbonyl (C=O) groups excluding carboxylic acids is 1. The Hall–Kier alpha value is -5.92. The van der Waals surface area contributed by atoms with Crippen molar-refractivity contribution in [2.24, 2.45) is 0 Å². The number of benzene rings is 2. The van der Waals surface area contributed by atoms with Gasteiger partial charge < -0.3 is 45.8 Å². The first-order chi connectivity index (χ1) is 24.9. The second kappa shape index (κ2) is 14.7. The second-order valence-corrected chi connectivity index (χ2v) is 13.0. The number of pyridine rings is 2. The largest absolute Gasteiger partial charge is 0.508 e. The molecule has 0 radical (unpaired) electrons. The molecule has 0 bridgehead atoms. The van der Waals surface area contributed by atoms with E-state index in [9.17, 15) is 30.0 Å². The van der Waals surface area contributed by atoms with Crippen molar-refractivity contribution in [2.75, 3.05) is 18.1 Å². The van der Waals surface area contributed by atoms with E-state index < -0.39 is 48.0 Å². The monoisotopic (exact) mass is 708 g/mol. The van der Waals surface area contributed by atoms with Gasteiger partial charge in [-0.05, 0) is 80.1 Å². The van der Waals surface area contributed by atoms with Crippen LogP contribution in [0.2, 0.25) is 0 Å². The molecule has 4 heterocycles. The molecule has 5 aromatic rings. The number of hydrogen-bond acceptors (Lipinski definition) is 13. The fourth-order valence-electron chi connectivity index (χ4n) is 6.70. The number of nitrogens with two attached hydrogens (primary N) is 2. The van der Waals surface area contributed by atoms with Crippen LogP contribution in [0, 0.1) is 0 Å². The van der Waals surface area contributed by atoms with E-state index in [1.807, 2.05) is 12.1 Å². The molecule has 13 nitrogen and oxygen atoms in total. The normalized spacial score (nSPS) is 17.7. The van der Waals surface area contributed by atoms with E-state index in [0.29, 0.717) is 29.8 Å². The van der Waals surface area contributed by atoms with Crippen molar-refractivity contribution in [3.63, 3.8) is 0 Å². The predicted octanol–water partition coefficient (Wildman–Crippen LogP) is 4.20. The van der Waals surface area contributed by atoms with E-state index in [4.69, 9.17) is 25.4 Å². The molecule has 270 valence electrons. The Morgan fingerprint density at radius 2 is 1.88 bits per heavy atom. The molecule has 0 saturated carbocycles. The fourth-order valence-corrected chi connectivity index (χ4v) is 6.70. The van der Waals surface area contributed by atoms with Gasteiger partial charge in [-0.3, -0.25) is 4.79 Å². The highest BCUT2D eigenvalue weighted by molar-refractivity contribution is 5.92. The van der Waals surface area contributed by atoms with Crippen LogP contribution < -0.4 is 21.6 Å². The zero-order chi connectivity index (χ0) is 37.2. The first kappa shape index (κ1) is 35.9. The summed E-state index contributed by atoms with van der Waals surface area (Å²) in [5.41, 5.74) is 13.0. The lowest BCUT2D eigenvalue weighted by Crippen LogP contribution is -2.52. The van der Waals surface area contributed by atoms with Crippen molar-refractivity contribution in [1.82, 2.24) is 9.97 Å². The number of nitrogens with zero attached hydrogens (tertiary/aromatic N) is 2. The molecule has 0 saturated heterocycles. The van der Waals surface area contributed by atoms with Gasteiger partial charge in [0.25, 0.3) is 0 Å². The van der Waals surface area contributed by atoms with Gasteiger partial charge in [0.15, 0.2) is 5.43 Å². The first-order valence-electron chi connectivity index (χ1n) is 16.8. The van der Waals surface area contributed by atoms with Crippen LogP contribution in [-0.4, -0.2) is 54.7 Å². The van der Waals surface area contributed by atoms with Crippen LogP contribution in [0.15, 0.2) is 87.9 Å². The Morgan fingerprint density at radius 3 is 2.56 bits per heavy atom. The number of anilines is 2. The summed E-state index contributed by atoms with van der Waals surface area (Å²) < 4.78 is 19.2. The lowest BCUT2D eigenvalue weighted by atomic mass is 9.79. The molecule has 3 unspecified atom stereocenters. The number of rotatable bonds is 11. The lowest BCUT2D eigenvalue weighted by molar-refractivity contribution is -0.159. The van der Waals surface area contributed by atoms with Crippen LogP contribution in [0.5, 0.6) is 17.2 Å². The maximum atomic E-state index is 13.7. The molecule has 2 aromatic carbocycles. The van der Waals surface area contributed by atoms with Gasteiger partial charge in [-0.15, -0.1) is 0 Å². The number of aromatic hydroxyl groups is 2. The number of phenols is 2. The highest BCUT2D eigenvalue weighted by Crippen LogP contribution is 2.51. The van der Waals surface area contributed by atoms with Crippen molar-refractivity contribution < 1.29 is 39.1 Å². The van der Waals surface area contributed by atoms with Crippen molar-refractivity contribution in [1.29, 1.82) is 0 Å². The molecule has 0 fully saturated rings. The zero-order valence-corrected chi connectivity index (χ0v) is 28.7. The molecular weight excluding hydrogens is 668 g/mol. The van der Waals surface area contributed by atoms with E-state index in [2.05, 4.69) is 9.97 Å². The molecule has 13 heteroatoms. The Labute approximate surface area is 298 Å². The third-order valence-electron chi connectivity index (χ3n) is 9.54. The summed E-state index contributed by atoms with van der Waals surface area (Å²) in [6.45, 7) is 2.25. The standard InChI is InChI=1S/C39H40N4O9/c1-3-23(19-44)38(49)51-30-17-28-35(48)34-29(47)16-26(20-45)50-37(34)33(36(28)52-39(30,2)11-9-21-7-8-31(40)43-18-21)27(24-10-12-42-32(41)15-24)14-22-5-4-6-25(46)13-22/h3-8,10,12-13,15-16,18,27,30,44-46,48H,9,11,14,17,19-20H2,1-2H3,(H2,40,43)(H2,41,42). The van der Waals surface area contributed by atoms with Crippen LogP contribution in [0.3, 0.4) is 0 Å². The number of ether oxygens (including phenoxy) is 2. The molecule has 0 spiro atoms. The van der Waals surface area contributed by atoms with Gasteiger partial charge in [0, 0.05) is 41.9 Å². The molecule has 52 heavy (non-hydrogen) atoms. The number of phenolic OH excluding ortho intramolecular Hbond substituents is 2. The number of hydrogen-bond donors (Lipinski definition) is 6. The SMILES string of the molecule is CC=C(CO)C(=O)OC1Cc2c(c(C(Cc3cccc(O)c3)c3ccnc(N)c3)c3oc(CO)cc(=O)c3c2O)OC1(C)CCc1ccc(N)nc1. The third kappa shape index (κ3) is 7.13. The number of carbonyl (C=O) groups is 1.